The second-order valence-electron chi connectivity index (χ2n) is 3.91. The van der Waals surface area contributed by atoms with Gasteiger partial charge in [-0.05, 0) is 18.6 Å². The predicted molar refractivity (Wildman–Crippen MR) is 72.9 cm³/mol. The molecule has 2 unspecified atom stereocenters. The summed E-state index contributed by atoms with van der Waals surface area (Å²) in [4.78, 5) is 10.8. The predicted octanol–water partition coefficient (Wildman–Crippen LogP) is 2.57. The van der Waals surface area contributed by atoms with Gasteiger partial charge in [0.25, 0.3) is 0 Å². The third kappa shape index (κ3) is 3.78. The standard InChI is InChI=1S/C12H14BrFO3S/c1-6-3-4-8(14)10(11(6)13)12(17)9(16)5-18-7(2)15/h3-4,9,12,16-17H,5H2,1-2H3. The lowest BCUT2D eigenvalue weighted by Crippen LogP contribution is -2.23. The number of rotatable bonds is 4. The molecule has 2 atom stereocenters. The topological polar surface area (TPSA) is 57.5 Å². The Kier molecular flexibility index (Phi) is 5.78. The molecule has 0 fully saturated rings. The van der Waals surface area contributed by atoms with Crippen LogP contribution in [-0.4, -0.2) is 27.2 Å². The quantitative estimate of drug-likeness (QED) is 0.887. The number of aliphatic hydroxyl groups is 2. The lowest BCUT2D eigenvalue weighted by atomic mass is 10.0. The van der Waals surface area contributed by atoms with E-state index in [9.17, 15) is 19.4 Å². The van der Waals surface area contributed by atoms with Gasteiger partial charge in [-0.15, -0.1) is 0 Å². The van der Waals surface area contributed by atoms with Gasteiger partial charge in [0.15, 0.2) is 5.12 Å². The zero-order chi connectivity index (χ0) is 13.9. The molecule has 3 nitrogen and oxygen atoms in total. The van der Waals surface area contributed by atoms with Crippen LogP contribution in [-0.2, 0) is 4.79 Å². The first-order chi connectivity index (χ1) is 8.34. The molecule has 0 spiro atoms. The van der Waals surface area contributed by atoms with Crippen molar-refractivity contribution in [2.24, 2.45) is 0 Å². The summed E-state index contributed by atoms with van der Waals surface area (Å²) in [7, 11) is 0. The van der Waals surface area contributed by atoms with Gasteiger partial charge >= 0.3 is 0 Å². The summed E-state index contributed by atoms with van der Waals surface area (Å²) in [5.41, 5.74) is 0.781. The maximum Gasteiger partial charge on any atom is 0.185 e. The highest BCUT2D eigenvalue weighted by Gasteiger charge is 2.25. The summed E-state index contributed by atoms with van der Waals surface area (Å²) >= 11 is 4.09. The molecular formula is C12H14BrFO3S. The summed E-state index contributed by atoms with van der Waals surface area (Å²) in [6.45, 7) is 3.13. The summed E-state index contributed by atoms with van der Waals surface area (Å²) in [6, 6.07) is 2.82. The number of carbonyl (C=O) groups is 1. The molecular weight excluding hydrogens is 323 g/mol. The van der Waals surface area contributed by atoms with Crippen molar-refractivity contribution in [1.82, 2.24) is 0 Å². The smallest absolute Gasteiger partial charge is 0.185 e. The van der Waals surface area contributed by atoms with E-state index in [0.717, 1.165) is 17.3 Å². The molecule has 0 heterocycles. The minimum Gasteiger partial charge on any atom is -0.389 e. The second kappa shape index (κ2) is 6.65. The van der Waals surface area contributed by atoms with Crippen molar-refractivity contribution in [3.05, 3.63) is 33.5 Å². The average Bonchev–Trinajstić information content (AvgIpc) is 2.31. The number of carbonyl (C=O) groups excluding carboxylic acids is 1. The maximum atomic E-state index is 13.7. The van der Waals surface area contributed by atoms with Crippen molar-refractivity contribution in [2.75, 3.05) is 5.75 Å². The number of aliphatic hydroxyl groups excluding tert-OH is 2. The molecule has 0 aromatic heterocycles. The molecule has 0 aliphatic rings. The zero-order valence-electron chi connectivity index (χ0n) is 9.98. The molecule has 100 valence electrons. The second-order valence-corrected chi connectivity index (χ2v) is 5.90. The number of halogens is 2. The van der Waals surface area contributed by atoms with Crippen molar-refractivity contribution in [2.45, 2.75) is 26.1 Å². The molecule has 1 aromatic rings. The first kappa shape index (κ1) is 15.6. The van der Waals surface area contributed by atoms with Gasteiger partial charge in [-0.1, -0.05) is 33.8 Å². The van der Waals surface area contributed by atoms with Crippen LogP contribution in [0.1, 0.15) is 24.2 Å². The van der Waals surface area contributed by atoms with Crippen molar-refractivity contribution in [3.63, 3.8) is 0 Å². The van der Waals surface area contributed by atoms with E-state index in [-0.39, 0.29) is 16.4 Å². The molecule has 0 saturated carbocycles. The average molecular weight is 337 g/mol. The maximum absolute atomic E-state index is 13.7. The van der Waals surface area contributed by atoms with E-state index in [1.54, 1.807) is 13.0 Å². The van der Waals surface area contributed by atoms with Crippen LogP contribution in [0.25, 0.3) is 0 Å². The van der Waals surface area contributed by atoms with E-state index < -0.39 is 18.0 Å². The molecule has 0 radical (unpaired) electrons. The highest BCUT2D eigenvalue weighted by molar-refractivity contribution is 9.10. The minimum absolute atomic E-state index is 0.0200. The third-order valence-corrected chi connectivity index (χ3v) is 4.40. The van der Waals surface area contributed by atoms with E-state index in [4.69, 9.17) is 0 Å². The Balaban J connectivity index is 2.92. The molecule has 0 bridgehead atoms. The normalized spacial score (nSPS) is 14.3. The molecule has 0 amide bonds. The van der Waals surface area contributed by atoms with Crippen LogP contribution in [0.4, 0.5) is 4.39 Å². The number of thioether (sulfide) groups is 1. The van der Waals surface area contributed by atoms with Gasteiger partial charge in [0.2, 0.25) is 0 Å². The molecule has 1 aromatic carbocycles. The fourth-order valence-corrected chi connectivity index (χ4v) is 2.58. The van der Waals surface area contributed by atoms with Gasteiger partial charge in [0.05, 0.1) is 6.10 Å². The van der Waals surface area contributed by atoms with Crippen molar-refractivity contribution < 1.29 is 19.4 Å². The SMILES string of the molecule is CC(=O)SCC(O)C(O)c1c(F)ccc(C)c1Br. The molecule has 0 aliphatic heterocycles. The largest absolute Gasteiger partial charge is 0.389 e. The highest BCUT2D eigenvalue weighted by atomic mass is 79.9. The summed E-state index contributed by atoms with van der Waals surface area (Å²) in [5, 5.41) is 19.5. The van der Waals surface area contributed by atoms with Gasteiger partial charge < -0.3 is 10.2 Å². The van der Waals surface area contributed by atoms with Gasteiger partial charge in [-0.25, -0.2) is 4.39 Å². The monoisotopic (exact) mass is 336 g/mol. The van der Waals surface area contributed by atoms with Crippen LogP contribution in [0.5, 0.6) is 0 Å². The molecule has 0 saturated heterocycles. The number of hydrogen-bond donors (Lipinski definition) is 2. The van der Waals surface area contributed by atoms with E-state index in [1.807, 2.05) is 0 Å². The van der Waals surface area contributed by atoms with Gasteiger partial charge in [0.1, 0.15) is 11.9 Å². The first-order valence-electron chi connectivity index (χ1n) is 5.28. The summed E-state index contributed by atoms with van der Waals surface area (Å²) in [5.74, 6) is -0.567. The highest BCUT2D eigenvalue weighted by Crippen LogP contribution is 2.31. The molecule has 0 aliphatic carbocycles. The Labute approximate surface area is 118 Å². The fraction of sp³-hybridized carbons (Fsp3) is 0.417. The number of aryl methyl sites for hydroxylation is 1. The van der Waals surface area contributed by atoms with Crippen LogP contribution in [0.2, 0.25) is 0 Å². The molecule has 6 heteroatoms. The molecule has 2 N–H and O–H groups in total. The van der Waals surface area contributed by atoms with E-state index >= 15 is 0 Å². The van der Waals surface area contributed by atoms with Gasteiger partial charge in [0, 0.05) is 22.7 Å². The third-order valence-electron chi connectivity index (χ3n) is 2.44. The van der Waals surface area contributed by atoms with Crippen LogP contribution in [0, 0.1) is 12.7 Å². The summed E-state index contributed by atoms with van der Waals surface area (Å²) < 4.78 is 14.1. The Morgan fingerprint density at radius 2 is 2.11 bits per heavy atom. The molecule has 18 heavy (non-hydrogen) atoms. The minimum atomic E-state index is -1.37. The first-order valence-corrected chi connectivity index (χ1v) is 7.06. The van der Waals surface area contributed by atoms with Crippen LogP contribution in [0.15, 0.2) is 16.6 Å². The summed E-state index contributed by atoms with van der Waals surface area (Å²) in [6.07, 6.45) is -2.57. The van der Waals surface area contributed by atoms with Crippen LogP contribution < -0.4 is 0 Å². The van der Waals surface area contributed by atoms with E-state index in [0.29, 0.717) is 4.47 Å². The van der Waals surface area contributed by atoms with E-state index in [1.165, 1.54) is 13.0 Å². The lowest BCUT2D eigenvalue weighted by molar-refractivity contribution is -0.109. The van der Waals surface area contributed by atoms with Crippen LogP contribution in [0.3, 0.4) is 0 Å². The Bertz CT molecular complexity index is 453. The molecule has 1 rings (SSSR count). The van der Waals surface area contributed by atoms with Gasteiger partial charge in [-0.2, -0.15) is 0 Å². The number of benzene rings is 1. The van der Waals surface area contributed by atoms with Gasteiger partial charge in [-0.3, -0.25) is 4.79 Å². The number of hydrogen-bond acceptors (Lipinski definition) is 4. The van der Waals surface area contributed by atoms with Crippen molar-refractivity contribution in [3.8, 4) is 0 Å². The Morgan fingerprint density at radius 3 is 2.67 bits per heavy atom. The van der Waals surface area contributed by atoms with Crippen LogP contribution >= 0.6 is 27.7 Å². The lowest BCUT2D eigenvalue weighted by Gasteiger charge is -2.20. The Morgan fingerprint density at radius 1 is 1.50 bits per heavy atom. The van der Waals surface area contributed by atoms with Crippen molar-refractivity contribution in [1.29, 1.82) is 0 Å². The Hall–Kier alpha value is -0.430. The fourth-order valence-electron chi connectivity index (χ4n) is 1.44. The zero-order valence-corrected chi connectivity index (χ0v) is 12.4. The van der Waals surface area contributed by atoms with Crippen molar-refractivity contribution >= 4 is 32.8 Å². The van der Waals surface area contributed by atoms with E-state index in [2.05, 4.69) is 15.9 Å².